The van der Waals surface area contributed by atoms with Crippen molar-refractivity contribution < 1.29 is 13.9 Å². The van der Waals surface area contributed by atoms with Crippen molar-refractivity contribution in [1.29, 1.82) is 0 Å². The maximum atomic E-state index is 13.4. The SMILES string of the molecule is COc1ccc(CCNC(=O)C(C)CCN)cc1F. The summed E-state index contributed by atoms with van der Waals surface area (Å²) in [7, 11) is 1.43. The van der Waals surface area contributed by atoms with Crippen molar-refractivity contribution in [2.45, 2.75) is 19.8 Å². The fraction of sp³-hybridized carbons (Fsp3) is 0.500. The zero-order valence-electron chi connectivity index (χ0n) is 11.4. The molecule has 1 aromatic carbocycles. The summed E-state index contributed by atoms with van der Waals surface area (Å²) in [5.74, 6) is -0.260. The Kier molecular flexibility index (Phi) is 6.29. The number of hydrogen-bond acceptors (Lipinski definition) is 3. The third kappa shape index (κ3) is 4.87. The molecule has 1 rings (SSSR count). The van der Waals surface area contributed by atoms with Crippen molar-refractivity contribution in [3.05, 3.63) is 29.6 Å². The molecule has 0 aliphatic heterocycles. The Hall–Kier alpha value is -1.62. The molecule has 0 fully saturated rings. The average molecular weight is 268 g/mol. The van der Waals surface area contributed by atoms with Gasteiger partial charge in [0.05, 0.1) is 7.11 Å². The molecule has 19 heavy (non-hydrogen) atoms. The van der Waals surface area contributed by atoms with E-state index in [4.69, 9.17) is 10.5 Å². The van der Waals surface area contributed by atoms with E-state index in [0.717, 1.165) is 5.56 Å². The summed E-state index contributed by atoms with van der Waals surface area (Å²) in [5, 5.41) is 2.82. The highest BCUT2D eigenvalue weighted by atomic mass is 19.1. The van der Waals surface area contributed by atoms with Crippen molar-refractivity contribution in [3.63, 3.8) is 0 Å². The number of halogens is 1. The largest absolute Gasteiger partial charge is 0.494 e. The lowest BCUT2D eigenvalue weighted by Gasteiger charge is -2.11. The van der Waals surface area contributed by atoms with Gasteiger partial charge < -0.3 is 15.8 Å². The Balaban J connectivity index is 2.41. The third-order valence-corrected chi connectivity index (χ3v) is 2.98. The van der Waals surface area contributed by atoms with Gasteiger partial charge in [-0.1, -0.05) is 13.0 Å². The minimum absolute atomic E-state index is 0.0144. The van der Waals surface area contributed by atoms with Crippen LogP contribution in [0.15, 0.2) is 18.2 Å². The minimum atomic E-state index is -0.386. The molecule has 0 saturated heterocycles. The number of ether oxygens (including phenoxy) is 1. The zero-order chi connectivity index (χ0) is 14.3. The molecule has 0 saturated carbocycles. The molecule has 3 N–H and O–H groups in total. The predicted octanol–water partition coefficient (Wildman–Crippen LogP) is 1.48. The van der Waals surface area contributed by atoms with E-state index < -0.39 is 0 Å². The second kappa shape index (κ2) is 7.74. The highest BCUT2D eigenvalue weighted by Crippen LogP contribution is 2.17. The Morgan fingerprint density at radius 3 is 2.84 bits per heavy atom. The van der Waals surface area contributed by atoms with Crippen LogP contribution < -0.4 is 15.8 Å². The van der Waals surface area contributed by atoms with Crippen molar-refractivity contribution in [1.82, 2.24) is 5.32 Å². The topological polar surface area (TPSA) is 64.3 Å². The van der Waals surface area contributed by atoms with E-state index in [2.05, 4.69) is 5.32 Å². The molecule has 0 bridgehead atoms. The van der Waals surface area contributed by atoms with Gasteiger partial charge in [-0.3, -0.25) is 4.79 Å². The maximum absolute atomic E-state index is 13.4. The van der Waals surface area contributed by atoms with Crippen molar-refractivity contribution in [2.75, 3.05) is 20.2 Å². The molecule has 1 aromatic rings. The van der Waals surface area contributed by atoms with Crippen LogP contribution in [0, 0.1) is 11.7 Å². The standard InChI is InChI=1S/C14H21FN2O2/c1-10(5-7-16)14(18)17-8-6-11-3-4-13(19-2)12(15)9-11/h3-4,9-10H,5-8,16H2,1-2H3,(H,17,18). The molecule has 0 spiro atoms. The first-order valence-corrected chi connectivity index (χ1v) is 6.38. The van der Waals surface area contributed by atoms with Crippen molar-refractivity contribution in [3.8, 4) is 5.75 Å². The van der Waals surface area contributed by atoms with Gasteiger partial charge in [-0.15, -0.1) is 0 Å². The number of hydrogen-bond donors (Lipinski definition) is 2. The van der Waals surface area contributed by atoms with Gasteiger partial charge in [-0.2, -0.15) is 0 Å². The Morgan fingerprint density at radius 1 is 1.53 bits per heavy atom. The monoisotopic (exact) mass is 268 g/mol. The first-order valence-electron chi connectivity index (χ1n) is 6.38. The summed E-state index contributed by atoms with van der Waals surface area (Å²) >= 11 is 0. The predicted molar refractivity (Wildman–Crippen MR) is 72.5 cm³/mol. The van der Waals surface area contributed by atoms with Gasteiger partial charge in [0.2, 0.25) is 5.91 Å². The molecule has 1 unspecified atom stereocenters. The Labute approximate surface area is 113 Å². The molecular formula is C14H21FN2O2. The zero-order valence-corrected chi connectivity index (χ0v) is 11.4. The van der Waals surface area contributed by atoms with E-state index >= 15 is 0 Å². The summed E-state index contributed by atoms with van der Waals surface area (Å²) in [6.45, 7) is 2.83. The number of nitrogens with one attached hydrogen (secondary N) is 1. The first kappa shape index (κ1) is 15.4. The van der Waals surface area contributed by atoms with Crippen LogP contribution >= 0.6 is 0 Å². The molecule has 0 heterocycles. The van der Waals surface area contributed by atoms with Crippen LogP contribution in [-0.2, 0) is 11.2 Å². The lowest BCUT2D eigenvalue weighted by atomic mass is 10.1. The smallest absolute Gasteiger partial charge is 0.222 e. The summed E-state index contributed by atoms with van der Waals surface area (Å²) in [6, 6.07) is 4.80. The second-order valence-corrected chi connectivity index (χ2v) is 4.49. The quantitative estimate of drug-likeness (QED) is 0.787. The number of methoxy groups -OCH3 is 1. The van der Waals surface area contributed by atoms with E-state index in [0.29, 0.717) is 25.9 Å². The van der Waals surface area contributed by atoms with Crippen LogP contribution in [0.5, 0.6) is 5.75 Å². The van der Waals surface area contributed by atoms with Gasteiger partial charge in [0.1, 0.15) is 0 Å². The van der Waals surface area contributed by atoms with Crippen LogP contribution in [0.2, 0.25) is 0 Å². The van der Waals surface area contributed by atoms with E-state index in [1.165, 1.54) is 13.2 Å². The van der Waals surface area contributed by atoms with E-state index in [9.17, 15) is 9.18 Å². The minimum Gasteiger partial charge on any atom is -0.494 e. The molecule has 106 valence electrons. The van der Waals surface area contributed by atoms with Crippen LogP contribution in [0.25, 0.3) is 0 Å². The maximum Gasteiger partial charge on any atom is 0.222 e. The molecule has 1 atom stereocenters. The molecule has 0 aliphatic rings. The van der Waals surface area contributed by atoms with Gasteiger partial charge >= 0.3 is 0 Å². The van der Waals surface area contributed by atoms with Crippen molar-refractivity contribution in [2.24, 2.45) is 11.7 Å². The number of nitrogens with two attached hydrogens (primary N) is 1. The molecule has 1 amide bonds. The van der Waals surface area contributed by atoms with Crippen LogP contribution in [0.4, 0.5) is 4.39 Å². The highest BCUT2D eigenvalue weighted by Gasteiger charge is 2.11. The Morgan fingerprint density at radius 2 is 2.26 bits per heavy atom. The van der Waals surface area contributed by atoms with E-state index in [1.807, 2.05) is 6.92 Å². The number of benzene rings is 1. The number of amides is 1. The van der Waals surface area contributed by atoms with E-state index in [1.54, 1.807) is 12.1 Å². The van der Waals surface area contributed by atoms with E-state index in [-0.39, 0.29) is 23.4 Å². The second-order valence-electron chi connectivity index (χ2n) is 4.49. The summed E-state index contributed by atoms with van der Waals surface area (Å²) in [5.41, 5.74) is 6.22. The lowest BCUT2D eigenvalue weighted by molar-refractivity contribution is -0.124. The third-order valence-electron chi connectivity index (χ3n) is 2.98. The van der Waals surface area contributed by atoms with Crippen LogP contribution in [0.1, 0.15) is 18.9 Å². The summed E-state index contributed by atoms with van der Waals surface area (Å²) in [6.07, 6.45) is 1.25. The lowest BCUT2D eigenvalue weighted by Crippen LogP contribution is -2.31. The first-order chi connectivity index (χ1) is 9.08. The number of rotatable bonds is 7. The van der Waals surface area contributed by atoms with Gasteiger partial charge in [0, 0.05) is 12.5 Å². The summed E-state index contributed by atoms with van der Waals surface area (Å²) in [4.78, 5) is 11.6. The number of carbonyl (C=O) groups excluding carboxylic acids is 1. The molecule has 5 heteroatoms. The fourth-order valence-corrected chi connectivity index (χ4v) is 1.75. The number of carbonyl (C=O) groups is 1. The highest BCUT2D eigenvalue weighted by molar-refractivity contribution is 5.78. The van der Waals surface area contributed by atoms with Gasteiger partial charge in [-0.25, -0.2) is 4.39 Å². The van der Waals surface area contributed by atoms with Crippen LogP contribution in [0.3, 0.4) is 0 Å². The molecule has 0 radical (unpaired) electrons. The summed E-state index contributed by atoms with van der Waals surface area (Å²) < 4.78 is 18.3. The molecule has 0 aliphatic carbocycles. The Bertz CT molecular complexity index is 424. The molecule has 0 aromatic heterocycles. The van der Waals surface area contributed by atoms with Crippen molar-refractivity contribution >= 4 is 5.91 Å². The van der Waals surface area contributed by atoms with Crippen LogP contribution in [-0.4, -0.2) is 26.1 Å². The molecule has 4 nitrogen and oxygen atoms in total. The fourth-order valence-electron chi connectivity index (χ4n) is 1.75. The van der Waals surface area contributed by atoms with Gasteiger partial charge in [0.15, 0.2) is 11.6 Å². The van der Waals surface area contributed by atoms with Gasteiger partial charge in [0.25, 0.3) is 0 Å². The van der Waals surface area contributed by atoms with Gasteiger partial charge in [-0.05, 0) is 37.1 Å². The average Bonchev–Trinajstić information content (AvgIpc) is 2.39. The normalized spacial score (nSPS) is 12.0. The molecular weight excluding hydrogens is 247 g/mol.